The van der Waals surface area contributed by atoms with Crippen molar-refractivity contribution in [2.45, 2.75) is 13.8 Å². The molecule has 4 aromatic rings. The minimum Gasteiger partial charge on any atom is -0.465 e. The number of methoxy groups -OCH3 is 1. The number of nitrogens with one attached hydrogen (secondary N) is 1. The van der Waals surface area contributed by atoms with Crippen molar-refractivity contribution in [3.8, 4) is 11.4 Å². The molecule has 9 heteroatoms. The number of carbonyl (C=O) groups excluding carboxylic acids is 1. The van der Waals surface area contributed by atoms with Crippen molar-refractivity contribution in [1.29, 1.82) is 0 Å². The number of halogens is 1. The first-order valence-corrected chi connectivity index (χ1v) is 10.8. The molecule has 35 heavy (non-hydrogen) atoms. The van der Waals surface area contributed by atoms with Crippen LogP contribution in [0.5, 0.6) is 0 Å². The number of hydrogen-bond acceptors (Lipinski definition) is 4. The summed E-state index contributed by atoms with van der Waals surface area (Å²) in [6.45, 7) is 7.78. The van der Waals surface area contributed by atoms with E-state index in [1.165, 1.54) is 35.9 Å². The van der Waals surface area contributed by atoms with Crippen LogP contribution < -0.4 is 16.1 Å². The highest BCUT2D eigenvalue weighted by atomic mass is 32.1. The van der Waals surface area contributed by atoms with E-state index in [1.54, 1.807) is 18.2 Å². The number of aromatic amines is 1. The highest BCUT2D eigenvalue weighted by molar-refractivity contribution is 7.71. The van der Waals surface area contributed by atoms with Crippen LogP contribution >= 0.6 is 12.2 Å². The Hall–Kier alpha value is -4.08. The van der Waals surface area contributed by atoms with Crippen molar-refractivity contribution in [3.05, 3.63) is 109 Å². The van der Waals surface area contributed by atoms with Gasteiger partial charge in [-0.1, -0.05) is 18.7 Å². The lowest BCUT2D eigenvalue weighted by Crippen LogP contribution is -2.46. The van der Waals surface area contributed by atoms with Gasteiger partial charge in [0.05, 0.1) is 29.3 Å². The number of aromatic nitrogens is 3. The lowest BCUT2D eigenvalue weighted by molar-refractivity contribution is 0.0600. The van der Waals surface area contributed by atoms with Gasteiger partial charge in [-0.3, -0.25) is 9.36 Å². The second-order valence-corrected chi connectivity index (χ2v) is 8.14. The van der Waals surface area contributed by atoms with Crippen molar-refractivity contribution in [1.82, 2.24) is 14.1 Å². The SMILES string of the molecule is C=c1[nH]c(=S)n(-c2ccc(F)cc2)c(=O)/c1=C\c1cc(C)n(-c2ccccc2C(=O)OC)c1C.O. The van der Waals surface area contributed by atoms with Crippen LogP contribution in [0, 0.1) is 24.4 Å². The van der Waals surface area contributed by atoms with E-state index < -0.39 is 11.8 Å². The molecule has 7 nitrogen and oxygen atoms in total. The molecule has 0 atom stereocenters. The molecule has 0 aliphatic rings. The minimum atomic E-state index is -0.438. The molecule has 180 valence electrons. The zero-order valence-corrected chi connectivity index (χ0v) is 20.2. The molecule has 2 aromatic carbocycles. The van der Waals surface area contributed by atoms with Gasteiger partial charge in [-0.2, -0.15) is 0 Å². The second-order valence-electron chi connectivity index (χ2n) is 7.75. The molecular weight excluding hydrogens is 469 g/mol. The number of nitrogens with zero attached hydrogens (tertiary/aromatic N) is 2. The quantitative estimate of drug-likeness (QED) is 0.349. The van der Waals surface area contributed by atoms with Crippen LogP contribution in [0.1, 0.15) is 27.3 Å². The van der Waals surface area contributed by atoms with Gasteiger partial charge in [0.25, 0.3) is 5.56 Å². The average molecular weight is 494 g/mol. The first-order valence-electron chi connectivity index (χ1n) is 10.4. The Bertz CT molecular complexity index is 1650. The van der Waals surface area contributed by atoms with Crippen molar-refractivity contribution in [2.24, 2.45) is 0 Å². The van der Waals surface area contributed by atoms with E-state index in [0.29, 0.717) is 27.5 Å². The Balaban J connectivity index is 0.00000342. The highest BCUT2D eigenvalue weighted by Crippen LogP contribution is 2.24. The van der Waals surface area contributed by atoms with Crippen LogP contribution in [-0.2, 0) is 4.74 Å². The summed E-state index contributed by atoms with van der Waals surface area (Å²) in [6, 6.07) is 14.6. The van der Waals surface area contributed by atoms with Gasteiger partial charge in [-0.05, 0) is 80.2 Å². The second kappa shape index (κ2) is 10.0. The summed E-state index contributed by atoms with van der Waals surface area (Å²) in [4.78, 5) is 28.7. The molecule has 0 unspecified atom stereocenters. The van der Waals surface area contributed by atoms with Crippen molar-refractivity contribution < 1.29 is 19.4 Å². The summed E-state index contributed by atoms with van der Waals surface area (Å²) in [5.41, 5.74) is 3.64. The van der Waals surface area contributed by atoms with Gasteiger partial charge >= 0.3 is 5.97 Å². The molecule has 0 aliphatic heterocycles. The fourth-order valence-corrected chi connectivity index (χ4v) is 4.29. The predicted octanol–water partition coefficient (Wildman–Crippen LogP) is 2.64. The Labute approximate surface area is 205 Å². The molecule has 0 spiro atoms. The molecule has 2 heterocycles. The number of carbonyl (C=O) groups is 1. The molecule has 4 rings (SSSR count). The standard InChI is InChI=1S/C26H22FN3O3S.H2O/c1-15-13-18(17(3)29(15)23-8-6-5-7-21(23)25(32)33-4)14-22-16(2)28-26(34)30(24(22)31)20-11-9-19(27)10-12-20;/h5-14H,2H2,1,3-4H3,(H,28,34);1H2/b22-14-;. The van der Waals surface area contributed by atoms with Crippen LogP contribution in [0.2, 0.25) is 0 Å². The molecule has 0 saturated carbocycles. The number of hydrogen-bond donors (Lipinski definition) is 1. The van der Waals surface area contributed by atoms with Crippen LogP contribution in [0.25, 0.3) is 24.0 Å². The molecule has 0 fully saturated rings. The summed E-state index contributed by atoms with van der Waals surface area (Å²) >= 11 is 5.34. The summed E-state index contributed by atoms with van der Waals surface area (Å²) in [5, 5.41) is 0.688. The maximum Gasteiger partial charge on any atom is 0.339 e. The van der Waals surface area contributed by atoms with Gasteiger partial charge < -0.3 is 19.8 Å². The third kappa shape index (κ3) is 4.64. The number of aryl methyl sites for hydroxylation is 1. The Kier molecular flexibility index (Phi) is 7.33. The largest absolute Gasteiger partial charge is 0.465 e. The molecule has 0 amide bonds. The zero-order chi connectivity index (χ0) is 24.6. The number of ether oxygens (including phenoxy) is 1. The van der Waals surface area contributed by atoms with Gasteiger partial charge in [0.1, 0.15) is 5.82 Å². The lowest BCUT2D eigenvalue weighted by atomic mass is 10.1. The molecule has 0 bridgehead atoms. The number of esters is 1. The summed E-state index contributed by atoms with van der Waals surface area (Å²) < 4.78 is 21.7. The summed E-state index contributed by atoms with van der Waals surface area (Å²) in [7, 11) is 1.34. The maximum atomic E-state index is 13.4. The van der Waals surface area contributed by atoms with Gasteiger partial charge in [-0.15, -0.1) is 0 Å². The van der Waals surface area contributed by atoms with E-state index in [2.05, 4.69) is 11.6 Å². The average Bonchev–Trinajstić information content (AvgIpc) is 3.09. The van der Waals surface area contributed by atoms with Crippen molar-refractivity contribution >= 4 is 30.8 Å². The summed E-state index contributed by atoms with van der Waals surface area (Å²) in [6.07, 6.45) is 1.73. The van der Waals surface area contributed by atoms with E-state index in [-0.39, 0.29) is 15.8 Å². The topological polar surface area (TPSA) is 101 Å². The summed E-state index contributed by atoms with van der Waals surface area (Å²) in [5.74, 6) is -0.849. The van der Waals surface area contributed by atoms with E-state index in [9.17, 15) is 14.0 Å². The third-order valence-electron chi connectivity index (χ3n) is 5.62. The van der Waals surface area contributed by atoms with Gasteiger partial charge in [0.15, 0.2) is 4.77 Å². The normalized spacial score (nSPS) is 11.3. The van der Waals surface area contributed by atoms with Crippen LogP contribution in [-0.4, -0.2) is 32.7 Å². The van der Waals surface area contributed by atoms with E-state index in [1.807, 2.05) is 36.6 Å². The van der Waals surface area contributed by atoms with Gasteiger partial charge in [0, 0.05) is 16.7 Å². The zero-order valence-electron chi connectivity index (χ0n) is 19.4. The van der Waals surface area contributed by atoms with E-state index in [4.69, 9.17) is 17.0 Å². The smallest absolute Gasteiger partial charge is 0.339 e. The van der Waals surface area contributed by atoms with Crippen molar-refractivity contribution in [2.75, 3.05) is 7.11 Å². The monoisotopic (exact) mass is 493 g/mol. The van der Waals surface area contributed by atoms with Gasteiger partial charge in [0.2, 0.25) is 0 Å². The fraction of sp³-hybridized carbons (Fsp3) is 0.115. The first-order chi connectivity index (χ1) is 16.2. The number of para-hydroxylation sites is 1. The molecule has 0 radical (unpaired) electrons. The van der Waals surface area contributed by atoms with E-state index >= 15 is 0 Å². The Morgan fingerprint density at radius 1 is 1.11 bits per heavy atom. The fourth-order valence-electron chi connectivity index (χ4n) is 3.98. The highest BCUT2D eigenvalue weighted by Gasteiger charge is 2.17. The Morgan fingerprint density at radius 3 is 2.43 bits per heavy atom. The molecule has 0 saturated heterocycles. The molecule has 3 N–H and O–H groups in total. The Morgan fingerprint density at radius 2 is 1.77 bits per heavy atom. The van der Waals surface area contributed by atoms with Crippen molar-refractivity contribution in [3.63, 3.8) is 0 Å². The molecule has 0 aliphatic carbocycles. The first kappa shape index (κ1) is 25.5. The van der Waals surface area contributed by atoms with E-state index in [0.717, 1.165) is 17.0 Å². The van der Waals surface area contributed by atoms with Crippen LogP contribution in [0.4, 0.5) is 4.39 Å². The van der Waals surface area contributed by atoms with Crippen LogP contribution in [0.3, 0.4) is 0 Å². The van der Waals surface area contributed by atoms with Gasteiger partial charge in [-0.25, -0.2) is 9.18 Å². The number of rotatable bonds is 4. The third-order valence-corrected chi connectivity index (χ3v) is 5.91. The lowest BCUT2D eigenvalue weighted by Gasteiger charge is -2.13. The minimum absolute atomic E-state index is 0. The predicted molar refractivity (Wildman–Crippen MR) is 136 cm³/mol. The number of H-pyrrole nitrogens is 1. The molecular formula is C26H24FN3O4S. The van der Waals surface area contributed by atoms with Crippen LogP contribution in [0.15, 0.2) is 59.4 Å². The molecule has 2 aromatic heterocycles. The maximum absolute atomic E-state index is 13.4. The number of benzene rings is 2.